The first-order valence-electron chi connectivity index (χ1n) is 48.4. The fourth-order valence-corrected chi connectivity index (χ4v) is 14.5. The Balaban J connectivity index is 1.05. The third-order valence-electron chi connectivity index (χ3n) is 19.1. The first kappa shape index (κ1) is 34.1. The molecule has 0 N–H and O–H groups in total. The summed E-state index contributed by atoms with van der Waals surface area (Å²) in [5.41, 5.74) is -10.5. The minimum absolute atomic E-state index is 0.0967. The smallest absolute Gasteiger partial charge is 0.252 e. The molecular formula is C94H63BN4O2. The van der Waals surface area contributed by atoms with Crippen LogP contribution in [-0.4, -0.2) is 15.8 Å². The lowest BCUT2D eigenvalue weighted by atomic mass is 9.33. The molecule has 0 unspecified atom stereocenters. The molecule has 2 aliphatic rings. The molecule has 0 amide bonds. The molecule has 15 aromatic carbocycles. The van der Waals surface area contributed by atoms with Crippen LogP contribution in [-0.2, 0) is 5.41 Å². The van der Waals surface area contributed by atoms with Crippen LogP contribution in [0.15, 0.2) is 336 Å². The Morgan fingerprint density at radius 3 is 1.07 bits per heavy atom. The molecule has 0 fully saturated rings. The first-order chi connectivity index (χ1) is 63.1. The quantitative estimate of drug-likeness (QED) is 0.142. The zero-order chi connectivity index (χ0) is 94.6. The van der Waals surface area contributed by atoms with Crippen molar-refractivity contribution in [2.75, 3.05) is 9.80 Å². The van der Waals surface area contributed by atoms with Gasteiger partial charge >= 0.3 is 0 Å². The van der Waals surface area contributed by atoms with Gasteiger partial charge in [0.2, 0.25) is 0 Å². The van der Waals surface area contributed by atoms with E-state index >= 15 is 0 Å². The Morgan fingerprint density at radius 2 is 0.693 bits per heavy atom. The van der Waals surface area contributed by atoms with Crippen LogP contribution in [0.25, 0.3) is 143 Å². The van der Waals surface area contributed by atoms with Crippen LogP contribution in [0, 0.1) is 0 Å². The average molecular weight is 1320 g/mol. The lowest BCUT2D eigenvalue weighted by Gasteiger charge is -2.45. The van der Waals surface area contributed by atoms with Gasteiger partial charge in [0.1, 0.15) is 11.2 Å². The number of rotatable bonds is 8. The third kappa shape index (κ3) is 8.60. The molecule has 0 saturated heterocycles. The molecule has 6 nitrogen and oxygen atoms in total. The van der Waals surface area contributed by atoms with Crippen LogP contribution < -0.4 is 26.2 Å². The SMILES string of the molecule is [2H]c1c([2H])c(-n2c3c([2H])c([2H])c([2H])c([2H])c3c3c([2H])c([2H])c([2H])c([2H])c32)c([2H])c2c1B1c3c(cc(C(C)(C)C)cc3N(c3c(-c4ccccc4)c([2H])c([2H])c4c3oc3c([2H])c([2H])c(-c5ccccc5)c([2H])c34)c3c([2H])c(-n4c5c([2H])c([2H])c([2H])c([2H])c5c5c([2H])c([2H])c([2H])c([2H])c54)c([2H])c([2H])c31)N2c1c(-c2ccccc2)c([2H])c([2H])c2c1oc1c([2H])c([2H])c(-c3ccccc3)c([2H])c12. The van der Waals surface area contributed by atoms with E-state index in [4.69, 9.17) is 14.3 Å². The number of fused-ring (bicyclic) bond motifs is 16. The zero-order valence-electron chi connectivity index (χ0n) is 85.4. The molecule has 0 aliphatic carbocycles. The van der Waals surface area contributed by atoms with Crippen LogP contribution in [0.2, 0.25) is 0 Å². The van der Waals surface area contributed by atoms with Crippen molar-refractivity contribution in [3.8, 4) is 55.9 Å². The van der Waals surface area contributed by atoms with Gasteiger partial charge in [-0.25, -0.2) is 0 Å². The molecule has 101 heavy (non-hydrogen) atoms. The Kier molecular flexibility index (Phi) is 7.37. The Bertz CT molecular complexity index is 8010. The number of anilines is 6. The minimum atomic E-state index is -2.06. The van der Waals surface area contributed by atoms with Gasteiger partial charge in [-0.1, -0.05) is 251 Å². The number of hydrogen-bond acceptors (Lipinski definition) is 4. The zero-order valence-corrected chi connectivity index (χ0v) is 53.4. The highest BCUT2D eigenvalue weighted by molar-refractivity contribution is 7.00. The van der Waals surface area contributed by atoms with Gasteiger partial charge in [0.05, 0.1) is 77.3 Å². The Morgan fingerprint density at radius 1 is 0.327 bits per heavy atom. The second-order valence-corrected chi connectivity index (χ2v) is 25.8. The summed E-state index contributed by atoms with van der Waals surface area (Å²) in [4.78, 5) is 2.69. The molecule has 474 valence electrons. The summed E-state index contributed by atoms with van der Waals surface area (Å²) in [6.07, 6.45) is 0. The lowest BCUT2D eigenvalue weighted by molar-refractivity contribution is 0.590. The second kappa shape index (κ2) is 21.8. The van der Waals surface area contributed by atoms with E-state index < -0.39 is 305 Å². The minimum Gasteiger partial charge on any atom is -0.454 e. The lowest BCUT2D eigenvalue weighted by Crippen LogP contribution is -2.61. The predicted octanol–water partition coefficient (Wildman–Crippen LogP) is 23.7. The van der Waals surface area contributed by atoms with E-state index in [-0.39, 0.29) is 88.7 Å². The van der Waals surface area contributed by atoms with E-state index in [0.717, 1.165) is 9.13 Å². The molecule has 0 saturated carbocycles. The fraction of sp³-hybridized carbons (Fsp3) is 0.0426. The predicted molar refractivity (Wildman–Crippen MR) is 424 cm³/mol. The maximum Gasteiger partial charge on any atom is 0.252 e. The Labute approximate surface area is 629 Å². The number of furan rings is 2. The average Bonchev–Trinajstić information content (AvgIpc) is 1.52. The number of hydrogen-bond donors (Lipinski definition) is 0. The van der Waals surface area contributed by atoms with Gasteiger partial charge in [-0.2, -0.15) is 0 Å². The van der Waals surface area contributed by atoms with E-state index in [9.17, 15) is 38.4 Å². The standard InChI is InChI=1S/C94H63BN4O2/c1-94(2,3)64-54-85-89-86(55-64)99(91-68(61-30-14-7-15-31-61)45-47-74-76-53-63(59-26-10-5-11-27-59)41-51-88(76)101-93(74)91)84-57-66(97-81-38-22-18-34-71(81)72-35-19-23-39-82(72)97)43-49-78(84)95(89)77-48-42-65(96-79-36-20-16-32-69(79)70-33-17-21-37-80(70)96)56-83(77)98(85)90-67(60-28-12-6-13-29-60)44-46-73-75-52-62(58-24-8-4-9-25-58)40-50-87(75)100-92(73)90/h4-57H,1-3H3/i16D,17D,18D,19D,20D,21D,22D,23D,32D,33D,34D,35D,36D,37D,38D,39D,40D,41D,42D,43D,44D,45D,46D,47D,48D,49D,50D,51D,52D,53D,56D,57D. The molecular weight excluding hydrogens is 1230 g/mol. The topological polar surface area (TPSA) is 42.6 Å². The van der Waals surface area contributed by atoms with Crippen molar-refractivity contribution in [3.05, 3.63) is 332 Å². The molecule has 0 bridgehead atoms. The van der Waals surface area contributed by atoms with Crippen LogP contribution in [0.5, 0.6) is 0 Å². The summed E-state index contributed by atoms with van der Waals surface area (Å²) in [5, 5.41) is -3.28. The maximum absolute atomic E-state index is 11.7. The van der Waals surface area contributed by atoms with Crippen molar-refractivity contribution < 1.29 is 52.7 Å². The van der Waals surface area contributed by atoms with Crippen molar-refractivity contribution >= 4 is 145 Å². The molecule has 0 radical (unpaired) electrons. The van der Waals surface area contributed by atoms with Gasteiger partial charge in [-0.15, -0.1) is 0 Å². The van der Waals surface area contributed by atoms with Crippen LogP contribution in [0.3, 0.4) is 0 Å². The molecule has 4 aromatic heterocycles. The maximum atomic E-state index is 11.7. The van der Waals surface area contributed by atoms with Gasteiger partial charge in [-0.3, -0.25) is 0 Å². The number of para-hydroxylation sites is 4. The molecule has 19 aromatic rings. The highest BCUT2D eigenvalue weighted by Crippen LogP contribution is 2.55. The summed E-state index contributed by atoms with van der Waals surface area (Å²) in [6.45, 7) is 3.31. The van der Waals surface area contributed by atoms with Crippen LogP contribution in [0.4, 0.5) is 34.1 Å². The van der Waals surface area contributed by atoms with Gasteiger partial charge in [-0.05, 0) is 157 Å². The van der Waals surface area contributed by atoms with Gasteiger partial charge < -0.3 is 27.8 Å². The van der Waals surface area contributed by atoms with Crippen molar-refractivity contribution in [3.63, 3.8) is 0 Å². The summed E-state index contributed by atoms with van der Waals surface area (Å²) < 4.78 is 339. The highest BCUT2D eigenvalue weighted by atomic mass is 16.3. The molecule has 2 aliphatic heterocycles. The second-order valence-electron chi connectivity index (χ2n) is 25.8. The van der Waals surface area contributed by atoms with Crippen LogP contribution >= 0.6 is 0 Å². The summed E-state index contributed by atoms with van der Waals surface area (Å²) in [7, 11) is 0. The largest absolute Gasteiger partial charge is 0.454 e. The normalized spacial score (nSPS) is 17.3. The molecule has 21 rings (SSSR count). The number of nitrogens with zero attached hydrogens (tertiary/aromatic N) is 4. The highest BCUT2D eigenvalue weighted by Gasteiger charge is 2.47. The monoisotopic (exact) mass is 1320 g/mol. The van der Waals surface area contributed by atoms with Gasteiger partial charge in [0.15, 0.2) is 11.2 Å². The van der Waals surface area contributed by atoms with E-state index in [2.05, 4.69) is 0 Å². The number of benzene rings is 15. The van der Waals surface area contributed by atoms with Crippen molar-refractivity contribution in [1.29, 1.82) is 0 Å². The molecule has 0 atom stereocenters. The van der Waals surface area contributed by atoms with E-state index in [1.54, 1.807) is 154 Å². The summed E-state index contributed by atoms with van der Waals surface area (Å²) in [5.74, 6) is 0. The summed E-state index contributed by atoms with van der Waals surface area (Å²) in [6, 6.07) is 10.0. The van der Waals surface area contributed by atoms with E-state index in [1.165, 1.54) is 9.80 Å². The van der Waals surface area contributed by atoms with E-state index in [0.29, 0.717) is 11.1 Å². The van der Waals surface area contributed by atoms with Gasteiger partial charge in [0.25, 0.3) is 6.71 Å². The fourth-order valence-electron chi connectivity index (χ4n) is 14.5. The summed E-state index contributed by atoms with van der Waals surface area (Å²) >= 11 is 0. The molecule has 0 spiro atoms. The first-order valence-corrected chi connectivity index (χ1v) is 32.4. The molecule has 7 heteroatoms. The van der Waals surface area contributed by atoms with Crippen molar-refractivity contribution in [2.45, 2.75) is 26.2 Å². The molecule has 6 heterocycles. The third-order valence-corrected chi connectivity index (χ3v) is 19.1. The van der Waals surface area contributed by atoms with Crippen LogP contribution in [0.1, 0.15) is 70.2 Å². The van der Waals surface area contributed by atoms with Crippen molar-refractivity contribution in [1.82, 2.24) is 9.13 Å². The number of aromatic nitrogens is 2. The van der Waals surface area contributed by atoms with E-state index in [1.807, 2.05) is 0 Å². The van der Waals surface area contributed by atoms with Gasteiger partial charge in [0, 0.05) is 88.3 Å². The Hall–Kier alpha value is -12.8. The van der Waals surface area contributed by atoms with Crippen molar-refractivity contribution in [2.24, 2.45) is 0 Å².